The Bertz CT molecular complexity index is 397. The smallest absolute Gasteiger partial charge is 0.104 e. The van der Waals surface area contributed by atoms with Crippen molar-refractivity contribution in [2.75, 3.05) is 6.54 Å². The first kappa shape index (κ1) is 25.4. The van der Waals surface area contributed by atoms with Crippen molar-refractivity contribution in [1.29, 1.82) is 0 Å². The van der Waals surface area contributed by atoms with Gasteiger partial charge in [0.15, 0.2) is 0 Å². The van der Waals surface area contributed by atoms with Gasteiger partial charge in [0.25, 0.3) is 0 Å². The Morgan fingerprint density at radius 1 is 1.00 bits per heavy atom. The average Bonchev–Trinajstić information content (AvgIpc) is 2.50. The second-order valence-electron chi connectivity index (χ2n) is 9.36. The molecule has 25 heavy (non-hydrogen) atoms. The molecule has 2 nitrogen and oxygen atoms in total. The Balaban J connectivity index is 3.98. The molecular formula is C21H43NOS2. The molecule has 0 aromatic rings. The van der Waals surface area contributed by atoms with Crippen LogP contribution in [-0.4, -0.2) is 27.4 Å². The van der Waals surface area contributed by atoms with Crippen LogP contribution in [0.2, 0.25) is 0 Å². The second-order valence-corrected chi connectivity index (χ2v) is 12.9. The minimum atomic E-state index is -0.392. The summed E-state index contributed by atoms with van der Waals surface area (Å²) in [6.45, 7) is 21.1. The summed E-state index contributed by atoms with van der Waals surface area (Å²) < 4.78 is 0.421. The van der Waals surface area contributed by atoms with E-state index < -0.39 is 6.23 Å². The molecule has 0 bridgehead atoms. The van der Waals surface area contributed by atoms with Gasteiger partial charge < -0.3 is 5.11 Å². The van der Waals surface area contributed by atoms with Crippen LogP contribution in [0.5, 0.6) is 0 Å². The Morgan fingerprint density at radius 3 is 2.08 bits per heavy atom. The zero-order valence-corrected chi connectivity index (χ0v) is 19.8. The normalized spacial score (nSPS) is 15.5. The molecule has 4 heteroatoms. The minimum Gasteiger partial charge on any atom is -0.379 e. The van der Waals surface area contributed by atoms with Crippen LogP contribution in [0.1, 0.15) is 94.4 Å². The fraction of sp³-hybridized carbons (Fsp3) is 0.905. The second kappa shape index (κ2) is 11.3. The van der Waals surface area contributed by atoms with Crippen LogP contribution in [0.4, 0.5) is 0 Å². The highest BCUT2D eigenvalue weighted by atomic mass is 33.1. The number of unbranched alkanes of at least 4 members (excludes halogenated alkanes) is 2. The van der Waals surface area contributed by atoms with Gasteiger partial charge in [-0.25, -0.2) is 0 Å². The number of rotatable bonds is 12. The number of aliphatic hydroxyl groups excluding tert-OH is 1. The van der Waals surface area contributed by atoms with Crippen molar-refractivity contribution in [3.05, 3.63) is 11.6 Å². The third-order valence-electron chi connectivity index (χ3n) is 4.67. The van der Waals surface area contributed by atoms with Gasteiger partial charge in [0, 0.05) is 16.0 Å². The van der Waals surface area contributed by atoms with Crippen LogP contribution in [0.3, 0.4) is 0 Å². The zero-order valence-electron chi connectivity index (χ0n) is 18.2. The number of nitrogens with one attached hydrogen (secondary N) is 1. The quantitative estimate of drug-likeness (QED) is 0.166. The highest BCUT2D eigenvalue weighted by molar-refractivity contribution is 8.77. The Kier molecular flexibility index (Phi) is 11.4. The maximum Gasteiger partial charge on any atom is 0.104 e. The first-order valence-corrected chi connectivity index (χ1v) is 11.9. The summed E-state index contributed by atoms with van der Waals surface area (Å²) in [5.41, 5.74) is 1.73. The first-order valence-electron chi connectivity index (χ1n) is 9.74. The van der Waals surface area contributed by atoms with E-state index in [-0.39, 0.29) is 10.2 Å². The molecule has 0 aliphatic carbocycles. The van der Waals surface area contributed by atoms with Crippen LogP contribution in [0.15, 0.2) is 11.6 Å². The molecule has 0 spiro atoms. The lowest BCUT2D eigenvalue weighted by Crippen LogP contribution is -2.38. The highest BCUT2D eigenvalue weighted by Gasteiger charge is 2.25. The van der Waals surface area contributed by atoms with E-state index in [1.807, 2.05) is 21.6 Å². The molecule has 0 rings (SSSR count). The molecule has 2 N–H and O–H groups in total. The van der Waals surface area contributed by atoms with Crippen LogP contribution >= 0.6 is 21.6 Å². The predicted molar refractivity (Wildman–Crippen MR) is 119 cm³/mol. The molecule has 0 radical (unpaired) electrons. The molecule has 0 aromatic heterocycles. The van der Waals surface area contributed by atoms with E-state index in [4.69, 9.17) is 0 Å². The maximum atomic E-state index is 10.2. The first-order chi connectivity index (χ1) is 11.3. The van der Waals surface area contributed by atoms with Gasteiger partial charge in [0.2, 0.25) is 0 Å². The van der Waals surface area contributed by atoms with Crippen molar-refractivity contribution in [3.63, 3.8) is 0 Å². The van der Waals surface area contributed by atoms with E-state index in [0.29, 0.717) is 4.75 Å². The summed E-state index contributed by atoms with van der Waals surface area (Å²) in [5.74, 6) is 0. The summed E-state index contributed by atoms with van der Waals surface area (Å²) in [4.78, 5) is 0. The molecule has 0 amide bonds. The van der Waals surface area contributed by atoms with E-state index in [2.05, 4.69) is 73.7 Å². The largest absolute Gasteiger partial charge is 0.379 e. The Morgan fingerprint density at radius 2 is 1.56 bits per heavy atom. The SMILES string of the molecule is CCC(C)(C)SSC(C)(C)CNC(O)CCCC/C=C(\C)C(C)(C)C. The van der Waals surface area contributed by atoms with Crippen molar-refractivity contribution < 1.29 is 5.11 Å². The van der Waals surface area contributed by atoms with Gasteiger partial charge in [-0.3, -0.25) is 5.32 Å². The van der Waals surface area contributed by atoms with E-state index in [1.165, 1.54) is 12.0 Å². The maximum absolute atomic E-state index is 10.2. The lowest BCUT2D eigenvalue weighted by atomic mass is 9.87. The lowest BCUT2D eigenvalue weighted by Gasteiger charge is -2.30. The molecule has 0 aliphatic heterocycles. The summed E-state index contributed by atoms with van der Waals surface area (Å²) in [6, 6.07) is 0. The van der Waals surface area contributed by atoms with Crippen LogP contribution in [-0.2, 0) is 0 Å². The van der Waals surface area contributed by atoms with Crippen molar-refractivity contribution in [1.82, 2.24) is 5.32 Å². The van der Waals surface area contributed by atoms with Crippen molar-refractivity contribution in [3.8, 4) is 0 Å². The molecular weight excluding hydrogens is 346 g/mol. The Hall–Kier alpha value is 0.360. The highest BCUT2D eigenvalue weighted by Crippen LogP contribution is 2.44. The Labute approximate surface area is 165 Å². The van der Waals surface area contributed by atoms with Crippen molar-refractivity contribution in [2.45, 2.75) is 110 Å². The molecule has 0 aliphatic rings. The minimum absolute atomic E-state index is 0.116. The number of hydrogen-bond donors (Lipinski definition) is 2. The van der Waals surface area contributed by atoms with Crippen LogP contribution in [0.25, 0.3) is 0 Å². The predicted octanol–water partition coefficient (Wildman–Crippen LogP) is 6.80. The fourth-order valence-corrected chi connectivity index (χ4v) is 4.48. The van der Waals surface area contributed by atoms with Gasteiger partial charge in [-0.2, -0.15) is 0 Å². The summed E-state index contributed by atoms with van der Waals surface area (Å²) in [5, 5.41) is 13.5. The van der Waals surface area contributed by atoms with Gasteiger partial charge in [-0.15, -0.1) is 0 Å². The molecule has 1 unspecified atom stereocenters. The van der Waals surface area contributed by atoms with Gasteiger partial charge in [-0.1, -0.05) is 60.9 Å². The standard InChI is InChI=1S/C21H43NOS2/c1-10-20(6,7)24-25-21(8,9)16-22-18(23)15-13-11-12-14-17(2)19(3,4)5/h14,18,22-23H,10-13,15-16H2,1-9H3/b17-14+. The van der Waals surface area contributed by atoms with Gasteiger partial charge in [0.1, 0.15) is 6.23 Å². The van der Waals surface area contributed by atoms with E-state index >= 15 is 0 Å². The summed E-state index contributed by atoms with van der Waals surface area (Å²) >= 11 is 0. The molecule has 0 heterocycles. The van der Waals surface area contributed by atoms with E-state index in [9.17, 15) is 5.11 Å². The molecule has 0 fully saturated rings. The topological polar surface area (TPSA) is 32.3 Å². The monoisotopic (exact) mass is 389 g/mol. The third kappa shape index (κ3) is 13.2. The average molecular weight is 390 g/mol. The summed E-state index contributed by atoms with van der Waals surface area (Å²) in [6.07, 6.45) is 7.28. The van der Waals surface area contributed by atoms with Crippen molar-refractivity contribution in [2.24, 2.45) is 5.41 Å². The summed E-state index contributed by atoms with van der Waals surface area (Å²) in [7, 11) is 3.88. The van der Waals surface area contributed by atoms with Crippen LogP contribution < -0.4 is 5.32 Å². The zero-order chi connectivity index (χ0) is 19.7. The van der Waals surface area contributed by atoms with Crippen molar-refractivity contribution >= 4 is 21.6 Å². The molecule has 0 saturated carbocycles. The molecule has 1 atom stereocenters. The molecule has 0 saturated heterocycles. The van der Waals surface area contributed by atoms with E-state index in [0.717, 1.165) is 32.2 Å². The van der Waals surface area contributed by atoms with E-state index in [1.54, 1.807) is 0 Å². The van der Waals surface area contributed by atoms with Gasteiger partial charge in [-0.05, 0) is 72.1 Å². The lowest BCUT2D eigenvalue weighted by molar-refractivity contribution is 0.122. The fourth-order valence-electron chi connectivity index (χ4n) is 1.89. The third-order valence-corrected chi connectivity index (χ3v) is 9.05. The van der Waals surface area contributed by atoms with Gasteiger partial charge in [0.05, 0.1) is 0 Å². The van der Waals surface area contributed by atoms with Gasteiger partial charge >= 0.3 is 0 Å². The molecule has 0 aromatic carbocycles. The number of aliphatic hydroxyl groups is 1. The number of allylic oxidation sites excluding steroid dienone is 2. The number of hydrogen-bond acceptors (Lipinski definition) is 4. The van der Waals surface area contributed by atoms with Crippen LogP contribution in [0, 0.1) is 5.41 Å². The molecule has 150 valence electrons.